The molecule has 0 bridgehead atoms. The molecular formula is C17H10Cl2N2O2. The summed E-state index contributed by atoms with van der Waals surface area (Å²) in [6.07, 6.45) is 3.60. The van der Waals surface area contributed by atoms with Crippen LogP contribution in [0.25, 0.3) is 23.1 Å². The van der Waals surface area contributed by atoms with E-state index in [0.717, 1.165) is 10.9 Å². The highest BCUT2D eigenvalue weighted by Crippen LogP contribution is 2.25. The molecule has 0 saturated carbocycles. The topological polar surface area (TPSA) is 56.0 Å². The van der Waals surface area contributed by atoms with Crippen molar-refractivity contribution in [3.8, 4) is 0 Å². The van der Waals surface area contributed by atoms with E-state index >= 15 is 0 Å². The lowest BCUT2D eigenvalue weighted by molar-refractivity contribution is -0.383. The first-order valence-electron chi connectivity index (χ1n) is 6.72. The second kappa shape index (κ2) is 6.36. The largest absolute Gasteiger partial charge is 0.295 e. The molecule has 6 heteroatoms. The lowest BCUT2D eigenvalue weighted by atomic mass is 10.1. The molecule has 23 heavy (non-hydrogen) atoms. The van der Waals surface area contributed by atoms with Crippen molar-refractivity contribution in [1.29, 1.82) is 0 Å². The molecule has 0 radical (unpaired) electrons. The van der Waals surface area contributed by atoms with Crippen LogP contribution in [0.5, 0.6) is 0 Å². The van der Waals surface area contributed by atoms with Crippen LogP contribution in [0.3, 0.4) is 0 Å². The quantitative estimate of drug-likeness (QED) is 0.457. The average molecular weight is 345 g/mol. The maximum atomic E-state index is 11.1. The third kappa shape index (κ3) is 3.33. The van der Waals surface area contributed by atoms with Crippen molar-refractivity contribution in [2.45, 2.75) is 0 Å². The first-order valence-corrected chi connectivity index (χ1v) is 7.47. The Kier molecular flexibility index (Phi) is 4.28. The zero-order chi connectivity index (χ0) is 16.4. The van der Waals surface area contributed by atoms with Gasteiger partial charge in [0.1, 0.15) is 5.52 Å². The van der Waals surface area contributed by atoms with E-state index in [4.69, 9.17) is 23.2 Å². The highest BCUT2D eigenvalue weighted by Gasteiger charge is 2.12. The molecule has 2 aromatic carbocycles. The molecule has 0 spiro atoms. The molecule has 0 aliphatic carbocycles. The van der Waals surface area contributed by atoms with Gasteiger partial charge in [-0.05, 0) is 29.8 Å². The van der Waals surface area contributed by atoms with Crippen LogP contribution in [-0.4, -0.2) is 9.91 Å². The smallest absolute Gasteiger partial charge is 0.258 e. The highest BCUT2D eigenvalue weighted by atomic mass is 35.5. The van der Waals surface area contributed by atoms with E-state index < -0.39 is 4.92 Å². The first-order chi connectivity index (χ1) is 11.0. The van der Waals surface area contributed by atoms with Gasteiger partial charge in [-0.2, -0.15) is 0 Å². The maximum absolute atomic E-state index is 11.1. The predicted molar refractivity (Wildman–Crippen MR) is 93.8 cm³/mol. The number of pyridine rings is 1. The number of aromatic nitrogens is 1. The summed E-state index contributed by atoms with van der Waals surface area (Å²) in [4.78, 5) is 15.0. The number of para-hydroxylation sites is 1. The number of nitrogens with zero attached hydrogens (tertiary/aromatic N) is 2. The molecule has 0 aliphatic heterocycles. The first kappa shape index (κ1) is 15.5. The summed E-state index contributed by atoms with van der Waals surface area (Å²) in [5.74, 6) is 0. The number of fused-ring (bicyclic) bond motifs is 1. The fraction of sp³-hybridized carbons (Fsp3) is 0. The monoisotopic (exact) mass is 344 g/mol. The van der Waals surface area contributed by atoms with Gasteiger partial charge < -0.3 is 0 Å². The summed E-state index contributed by atoms with van der Waals surface area (Å²) in [6, 6.07) is 13.8. The number of nitro groups is 1. The molecular weight excluding hydrogens is 335 g/mol. The number of nitro benzene ring substituents is 1. The Morgan fingerprint density at radius 2 is 1.83 bits per heavy atom. The molecule has 0 aliphatic rings. The van der Waals surface area contributed by atoms with Crippen molar-refractivity contribution in [3.05, 3.63) is 79.9 Å². The van der Waals surface area contributed by atoms with Gasteiger partial charge in [0.25, 0.3) is 5.69 Å². The Morgan fingerprint density at radius 3 is 2.57 bits per heavy atom. The Balaban J connectivity index is 2.00. The van der Waals surface area contributed by atoms with Crippen molar-refractivity contribution in [2.24, 2.45) is 0 Å². The molecule has 0 unspecified atom stereocenters. The lowest BCUT2D eigenvalue weighted by Crippen LogP contribution is -1.92. The van der Waals surface area contributed by atoms with Crippen LogP contribution >= 0.6 is 23.2 Å². The van der Waals surface area contributed by atoms with Gasteiger partial charge in [0.2, 0.25) is 0 Å². The van der Waals surface area contributed by atoms with Gasteiger partial charge in [-0.1, -0.05) is 53.5 Å². The van der Waals surface area contributed by atoms with Gasteiger partial charge in [0.05, 0.1) is 20.7 Å². The Morgan fingerprint density at radius 1 is 1.00 bits per heavy atom. The number of hydrogen-bond acceptors (Lipinski definition) is 3. The molecule has 1 heterocycles. The van der Waals surface area contributed by atoms with Crippen LogP contribution in [0.1, 0.15) is 11.3 Å². The van der Waals surface area contributed by atoms with Crippen molar-refractivity contribution in [3.63, 3.8) is 0 Å². The fourth-order valence-electron chi connectivity index (χ4n) is 2.18. The summed E-state index contributed by atoms with van der Waals surface area (Å²) in [6.45, 7) is 0. The third-order valence-corrected chi connectivity index (χ3v) is 4.05. The highest BCUT2D eigenvalue weighted by molar-refractivity contribution is 6.42. The summed E-state index contributed by atoms with van der Waals surface area (Å²) in [5.41, 5.74) is 1.85. The van der Waals surface area contributed by atoms with Crippen molar-refractivity contribution < 1.29 is 4.92 Å². The van der Waals surface area contributed by atoms with E-state index in [1.165, 1.54) is 6.07 Å². The number of hydrogen-bond donors (Lipinski definition) is 0. The molecule has 0 fully saturated rings. The number of rotatable bonds is 3. The molecule has 114 valence electrons. The van der Waals surface area contributed by atoms with Gasteiger partial charge in [-0.15, -0.1) is 0 Å². The van der Waals surface area contributed by atoms with Crippen LogP contribution in [0.2, 0.25) is 10.0 Å². The molecule has 0 N–H and O–H groups in total. The molecule has 0 atom stereocenters. The van der Waals surface area contributed by atoms with E-state index in [9.17, 15) is 10.1 Å². The van der Waals surface area contributed by atoms with Gasteiger partial charge in [-0.3, -0.25) is 10.1 Å². The van der Waals surface area contributed by atoms with Gasteiger partial charge in [-0.25, -0.2) is 4.98 Å². The van der Waals surface area contributed by atoms with Crippen molar-refractivity contribution in [2.75, 3.05) is 0 Å². The van der Waals surface area contributed by atoms with Gasteiger partial charge in [0.15, 0.2) is 0 Å². The van der Waals surface area contributed by atoms with Crippen LogP contribution in [0.15, 0.2) is 48.5 Å². The zero-order valence-electron chi connectivity index (χ0n) is 11.7. The van der Waals surface area contributed by atoms with Crippen LogP contribution in [0, 0.1) is 10.1 Å². The minimum Gasteiger partial charge on any atom is -0.258 e. The minimum absolute atomic E-state index is 0.00714. The fourth-order valence-corrected chi connectivity index (χ4v) is 2.49. The molecule has 0 amide bonds. The lowest BCUT2D eigenvalue weighted by Gasteiger charge is -2.01. The Bertz CT molecular complexity index is 939. The molecule has 1 aromatic heterocycles. The Labute approximate surface area is 142 Å². The van der Waals surface area contributed by atoms with E-state index in [2.05, 4.69) is 4.98 Å². The minimum atomic E-state index is -0.429. The SMILES string of the molecule is O=[N+]([O-])c1cccc2ccc(/C=C/c3ccc(Cl)c(Cl)c3)nc12. The van der Waals surface area contributed by atoms with Gasteiger partial charge in [0, 0.05) is 11.5 Å². The summed E-state index contributed by atoms with van der Waals surface area (Å²) >= 11 is 11.9. The number of benzene rings is 2. The summed E-state index contributed by atoms with van der Waals surface area (Å²) < 4.78 is 0. The molecule has 4 nitrogen and oxygen atoms in total. The third-order valence-electron chi connectivity index (χ3n) is 3.31. The molecule has 3 rings (SSSR count). The van der Waals surface area contributed by atoms with E-state index in [0.29, 0.717) is 21.3 Å². The Hall–Kier alpha value is -2.43. The predicted octanol–water partition coefficient (Wildman–Crippen LogP) is 5.62. The normalized spacial score (nSPS) is 11.2. The summed E-state index contributed by atoms with van der Waals surface area (Å²) in [7, 11) is 0. The van der Waals surface area contributed by atoms with Crippen LogP contribution < -0.4 is 0 Å². The van der Waals surface area contributed by atoms with Crippen LogP contribution in [0.4, 0.5) is 5.69 Å². The molecule has 0 saturated heterocycles. The van der Waals surface area contributed by atoms with E-state index in [1.807, 2.05) is 18.2 Å². The summed E-state index contributed by atoms with van der Waals surface area (Å²) in [5, 5.41) is 12.8. The number of non-ortho nitro benzene ring substituents is 1. The van der Waals surface area contributed by atoms with E-state index in [1.54, 1.807) is 36.4 Å². The second-order valence-electron chi connectivity index (χ2n) is 4.85. The average Bonchev–Trinajstić information content (AvgIpc) is 2.55. The van der Waals surface area contributed by atoms with Crippen molar-refractivity contribution >= 4 is 51.9 Å². The zero-order valence-corrected chi connectivity index (χ0v) is 13.3. The number of halogens is 2. The van der Waals surface area contributed by atoms with Gasteiger partial charge >= 0.3 is 0 Å². The second-order valence-corrected chi connectivity index (χ2v) is 5.66. The standard InChI is InChI=1S/C17H10Cl2N2O2/c18-14-9-5-11(10-15(14)19)4-7-13-8-6-12-2-1-3-16(21(22)23)17(12)20-13/h1-10H/b7-4+. The van der Waals surface area contributed by atoms with Crippen LogP contribution in [-0.2, 0) is 0 Å². The van der Waals surface area contributed by atoms with E-state index in [-0.39, 0.29) is 5.69 Å². The van der Waals surface area contributed by atoms with Crippen molar-refractivity contribution in [1.82, 2.24) is 4.98 Å². The molecule has 3 aromatic rings. The maximum Gasteiger partial charge on any atom is 0.295 e.